The Bertz CT molecular complexity index is 1010. The molecule has 2 amide bonds. The third-order valence-electron chi connectivity index (χ3n) is 6.73. The zero-order valence-corrected chi connectivity index (χ0v) is 18.6. The van der Waals surface area contributed by atoms with Gasteiger partial charge in [-0.05, 0) is 19.3 Å². The van der Waals surface area contributed by atoms with Gasteiger partial charge in [-0.1, -0.05) is 19.8 Å². The summed E-state index contributed by atoms with van der Waals surface area (Å²) in [5, 5.41) is 0. The van der Waals surface area contributed by atoms with Gasteiger partial charge in [0.1, 0.15) is 23.8 Å². The summed E-state index contributed by atoms with van der Waals surface area (Å²) in [6, 6.07) is 0.0833. The standard InChI is InChI=1S/C22H29N7O3/c1-3-17-21(31)26(2)18-12-23-22(25-19(18)29(17)15-6-4-5-7-15)28-13-16(24-14-28)20(30)27-8-10-32-11-9-27/h12-15,17H,3-11H2,1-2H3. The Kier molecular flexibility index (Phi) is 5.54. The van der Waals surface area contributed by atoms with Gasteiger partial charge in [-0.25, -0.2) is 9.97 Å². The summed E-state index contributed by atoms with van der Waals surface area (Å²) in [5.74, 6) is 1.20. The minimum Gasteiger partial charge on any atom is -0.378 e. The number of ether oxygens (including phenoxy) is 1. The van der Waals surface area contributed by atoms with Gasteiger partial charge < -0.3 is 19.4 Å². The number of carbonyl (C=O) groups is 2. The second-order valence-electron chi connectivity index (χ2n) is 8.62. The topological polar surface area (TPSA) is 96.7 Å². The number of imidazole rings is 1. The number of nitrogens with zero attached hydrogens (tertiary/aromatic N) is 7. The first-order valence-electron chi connectivity index (χ1n) is 11.4. The highest BCUT2D eigenvalue weighted by molar-refractivity contribution is 6.04. The van der Waals surface area contributed by atoms with Crippen LogP contribution in [-0.2, 0) is 9.53 Å². The Morgan fingerprint density at radius 2 is 1.94 bits per heavy atom. The monoisotopic (exact) mass is 439 g/mol. The summed E-state index contributed by atoms with van der Waals surface area (Å²) >= 11 is 0. The third-order valence-corrected chi connectivity index (χ3v) is 6.73. The Hall–Kier alpha value is -3.01. The second kappa shape index (κ2) is 8.50. The van der Waals surface area contributed by atoms with Gasteiger partial charge in [0.05, 0.1) is 19.4 Å². The quantitative estimate of drug-likeness (QED) is 0.714. The SMILES string of the molecule is CCC1C(=O)N(C)c2cnc(-n3cnc(C(=O)N4CCOCC4)c3)nc2N1C1CCCC1. The van der Waals surface area contributed by atoms with Gasteiger partial charge in [0, 0.05) is 32.4 Å². The third kappa shape index (κ3) is 3.52. The maximum Gasteiger partial charge on any atom is 0.274 e. The minimum atomic E-state index is -0.223. The number of hydrogen-bond donors (Lipinski definition) is 0. The molecule has 1 saturated heterocycles. The van der Waals surface area contributed by atoms with E-state index < -0.39 is 0 Å². The maximum atomic E-state index is 13.0. The lowest BCUT2D eigenvalue weighted by Crippen LogP contribution is -2.55. The number of fused-ring (bicyclic) bond motifs is 1. The summed E-state index contributed by atoms with van der Waals surface area (Å²) in [7, 11) is 1.79. The summed E-state index contributed by atoms with van der Waals surface area (Å²) in [4.78, 5) is 45.1. The predicted molar refractivity (Wildman–Crippen MR) is 118 cm³/mol. The molecule has 0 N–H and O–H groups in total. The van der Waals surface area contributed by atoms with Crippen molar-refractivity contribution in [2.45, 2.75) is 51.1 Å². The highest BCUT2D eigenvalue weighted by Crippen LogP contribution is 2.39. The summed E-state index contributed by atoms with van der Waals surface area (Å²) in [5.41, 5.74) is 1.08. The van der Waals surface area contributed by atoms with E-state index in [0.717, 1.165) is 30.8 Å². The van der Waals surface area contributed by atoms with E-state index in [1.807, 2.05) is 6.92 Å². The van der Waals surface area contributed by atoms with Crippen LogP contribution in [0.25, 0.3) is 5.95 Å². The molecule has 4 heterocycles. The molecule has 0 radical (unpaired) electrons. The van der Waals surface area contributed by atoms with E-state index in [4.69, 9.17) is 9.72 Å². The molecule has 1 unspecified atom stereocenters. The average Bonchev–Trinajstić information content (AvgIpc) is 3.53. The van der Waals surface area contributed by atoms with E-state index >= 15 is 0 Å². The van der Waals surface area contributed by atoms with Gasteiger partial charge >= 0.3 is 0 Å². The van der Waals surface area contributed by atoms with Crippen molar-refractivity contribution in [3.8, 4) is 5.95 Å². The molecule has 2 fully saturated rings. The van der Waals surface area contributed by atoms with Crippen molar-refractivity contribution < 1.29 is 14.3 Å². The Labute approximate surface area is 187 Å². The van der Waals surface area contributed by atoms with Gasteiger partial charge in [-0.3, -0.25) is 14.2 Å². The molecule has 0 bridgehead atoms. The maximum absolute atomic E-state index is 13.0. The van der Waals surface area contributed by atoms with Crippen molar-refractivity contribution in [2.75, 3.05) is 43.2 Å². The molecular formula is C22H29N7O3. The van der Waals surface area contributed by atoms with E-state index in [0.29, 0.717) is 44.0 Å². The lowest BCUT2D eigenvalue weighted by atomic mass is 10.0. The fourth-order valence-corrected chi connectivity index (χ4v) is 4.97. The fourth-order valence-electron chi connectivity index (χ4n) is 4.97. The molecule has 10 heteroatoms. The van der Waals surface area contributed by atoms with Crippen LogP contribution in [0.15, 0.2) is 18.7 Å². The van der Waals surface area contributed by atoms with Crippen LogP contribution < -0.4 is 9.80 Å². The lowest BCUT2D eigenvalue weighted by molar-refractivity contribution is -0.120. The Morgan fingerprint density at radius 3 is 2.66 bits per heavy atom. The number of amides is 2. The van der Waals surface area contributed by atoms with Gasteiger partial charge in [0.25, 0.3) is 5.91 Å². The normalized spacial score (nSPS) is 21.9. The first-order chi connectivity index (χ1) is 15.6. The number of anilines is 2. The molecule has 5 rings (SSSR count). The molecule has 1 atom stereocenters. The first-order valence-corrected chi connectivity index (χ1v) is 11.4. The molecule has 3 aliphatic rings. The largest absolute Gasteiger partial charge is 0.378 e. The minimum absolute atomic E-state index is 0.0873. The first kappa shape index (κ1) is 20.9. The van der Waals surface area contributed by atoms with Gasteiger partial charge in [-0.15, -0.1) is 0 Å². The van der Waals surface area contributed by atoms with E-state index in [2.05, 4.69) is 14.9 Å². The summed E-state index contributed by atoms with van der Waals surface area (Å²) in [6.45, 7) is 4.27. The van der Waals surface area contributed by atoms with Crippen LogP contribution in [0.4, 0.5) is 11.5 Å². The molecule has 170 valence electrons. The molecule has 10 nitrogen and oxygen atoms in total. The second-order valence-corrected chi connectivity index (χ2v) is 8.62. The smallest absolute Gasteiger partial charge is 0.274 e. The van der Waals surface area contributed by atoms with Crippen molar-refractivity contribution in [3.05, 3.63) is 24.4 Å². The van der Waals surface area contributed by atoms with Crippen LogP contribution in [0, 0.1) is 0 Å². The number of morpholine rings is 1. The lowest BCUT2D eigenvalue weighted by Gasteiger charge is -2.43. The molecule has 2 aliphatic heterocycles. The number of hydrogen-bond acceptors (Lipinski definition) is 7. The molecule has 2 aromatic heterocycles. The van der Waals surface area contributed by atoms with Gasteiger partial charge in [0.15, 0.2) is 5.82 Å². The molecule has 1 saturated carbocycles. The van der Waals surface area contributed by atoms with Gasteiger partial charge in [0.2, 0.25) is 11.9 Å². The summed E-state index contributed by atoms with van der Waals surface area (Å²) < 4.78 is 7.01. The van der Waals surface area contributed by atoms with Crippen LogP contribution in [0.1, 0.15) is 49.5 Å². The molecular weight excluding hydrogens is 410 g/mol. The summed E-state index contributed by atoms with van der Waals surface area (Å²) in [6.07, 6.45) is 10.1. The fraction of sp³-hybridized carbons (Fsp3) is 0.591. The number of aromatic nitrogens is 4. The Morgan fingerprint density at radius 1 is 1.19 bits per heavy atom. The van der Waals surface area contributed by atoms with Crippen molar-refractivity contribution >= 4 is 23.3 Å². The van der Waals surface area contributed by atoms with E-state index in [-0.39, 0.29) is 17.9 Å². The highest BCUT2D eigenvalue weighted by Gasteiger charge is 2.41. The van der Waals surface area contributed by atoms with Crippen LogP contribution >= 0.6 is 0 Å². The Balaban J connectivity index is 1.49. The van der Waals surface area contributed by atoms with Crippen LogP contribution in [-0.4, -0.2) is 81.7 Å². The molecule has 2 aromatic rings. The molecule has 0 spiro atoms. The van der Waals surface area contributed by atoms with Crippen molar-refractivity contribution in [3.63, 3.8) is 0 Å². The molecule has 0 aromatic carbocycles. The molecule has 1 aliphatic carbocycles. The van der Waals surface area contributed by atoms with E-state index in [9.17, 15) is 9.59 Å². The van der Waals surface area contributed by atoms with Crippen molar-refractivity contribution in [2.24, 2.45) is 0 Å². The van der Waals surface area contributed by atoms with Crippen LogP contribution in [0.3, 0.4) is 0 Å². The predicted octanol–water partition coefficient (Wildman–Crippen LogP) is 1.64. The zero-order valence-electron chi connectivity index (χ0n) is 18.6. The van der Waals surface area contributed by atoms with E-state index in [1.54, 1.807) is 40.1 Å². The van der Waals surface area contributed by atoms with Gasteiger partial charge in [-0.2, -0.15) is 4.98 Å². The number of rotatable bonds is 4. The molecule has 32 heavy (non-hydrogen) atoms. The van der Waals surface area contributed by atoms with Crippen LogP contribution in [0.2, 0.25) is 0 Å². The number of carbonyl (C=O) groups excluding carboxylic acids is 2. The highest BCUT2D eigenvalue weighted by atomic mass is 16.5. The number of likely N-dealkylation sites (N-methyl/N-ethyl adjacent to an activating group) is 1. The van der Waals surface area contributed by atoms with Crippen LogP contribution in [0.5, 0.6) is 0 Å². The van der Waals surface area contributed by atoms with Crippen molar-refractivity contribution in [1.29, 1.82) is 0 Å². The van der Waals surface area contributed by atoms with Crippen molar-refractivity contribution in [1.82, 2.24) is 24.4 Å². The average molecular weight is 440 g/mol. The zero-order chi connectivity index (χ0) is 22.2. The van der Waals surface area contributed by atoms with E-state index in [1.165, 1.54) is 12.8 Å².